The van der Waals surface area contributed by atoms with E-state index in [1.54, 1.807) is 14.0 Å². The van der Waals surface area contributed by atoms with Crippen molar-refractivity contribution in [3.8, 4) is 5.75 Å². The van der Waals surface area contributed by atoms with Gasteiger partial charge >= 0.3 is 0 Å². The summed E-state index contributed by atoms with van der Waals surface area (Å²) < 4.78 is 46.2. The van der Waals surface area contributed by atoms with E-state index >= 15 is 0 Å². The molecule has 1 heterocycles. The summed E-state index contributed by atoms with van der Waals surface area (Å²) in [7, 11) is -0.0643. The second-order valence-electron chi connectivity index (χ2n) is 6.54. The first-order valence-electron chi connectivity index (χ1n) is 8.43. The number of nitrogens with zero attached hydrogens (tertiary/aromatic N) is 2. The molecule has 0 saturated carbocycles. The van der Waals surface area contributed by atoms with Crippen LogP contribution in [-0.4, -0.2) is 51.4 Å². The van der Waals surface area contributed by atoms with Crippen LogP contribution in [0, 0.1) is 12.7 Å². The number of likely N-dealkylation sites (N-methyl/N-ethyl adjacent to an activating group) is 1. The molecule has 2 aromatic carbocycles. The maximum atomic E-state index is 13.5. The Morgan fingerprint density at radius 1 is 1.12 bits per heavy atom. The number of halogens is 1. The molecular formula is C19H23FN2O3S. The molecular weight excluding hydrogens is 355 g/mol. The number of sulfonamides is 1. The smallest absolute Gasteiger partial charge is 0.243 e. The van der Waals surface area contributed by atoms with E-state index in [2.05, 4.69) is 4.90 Å². The van der Waals surface area contributed by atoms with Crippen molar-refractivity contribution in [2.45, 2.75) is 17.9 Å². The van der Waals surface area contributed by atoms with E-state index in [1.807, 2.05) is 31.3 Å². The molecule has 1 atom stereocenters. The van der Waals surface area contributed by atoms with Gasteiger partial charge < -0.3 is 4.74 Å². The minimum absolute atomic E-state index is 0.0500. The van der Waals surface area contributed by atoms with Crippen LogP contribution in [0.25, 0.3) is 0 Å². The molecule has 0 unspecified atom stereocenters. The lowest BCUT2D eigenvalue weighted by atomic mass is 10.0. The Hall–Kier alpha value is -1.96. The summed E-state index contributed by atoms with van der Waals surface area (Å²) in [5, 5.41) is 0. The molecule has 0 spiro atoms. The number of hydrogen-bond acceptors (Lipinski definition) is 4. The Labute approximate surface area is 154 Å². The third-order valence-corrected chi connectivity index (χ3v) is 6.74. The van der Waals surface area contributed by atoms with Crippen molar-refractivity contribution in [1.29, 1.82) is 0 Å². The molecule has 5 nitrogen and oxygen atoms in total. The zero-order valence-electron chi connectivity index (χ0n) is 15.1. The molecule has 140 valence electrons. The topological polar surface area (TPSA) is 49.9 Å². The van der Waals surface area contributed by atoms with E-state index in [1.165, 1.54) is 22.5 Å². The summed E-state index contributed by atoms with van der Waals surface area (Å²) in [5.41, 5.74) is 1.36. The van der Waals surface area contributed by atoms with Gasteiger partial charge in [-0.25, -0.2) is 12.8 Å². The Balaban J connectivity index is 1.87. The number of methoxy groups -OCH3 is 1. The first-order chi connectivity index (χ1) is 12.3. The van der Waals surface area contributed by atoms with Crippen molar-refractivity contribution in [2.24, 2.45) is 0 Å². The molecule has 1 aliphatic rings. The number of piperazine rings is 1. The molecule has 1 fully saturated rings. The van der Waals surface area contributed by atoms with E-state index in [4.69, 9.17) is 4.74 Å². The molecule has 1 saturated heterocycles. The Kier molecular flexibility index (Phi) is 5.32. The molecule has 1 aliphatic heterocycles. The van der Waals surface area contributed by atoms with Gasteiger partial charge in [0, 0.05) is 25.7 Å². The zero-order valence-corrected chi connectivity index (χ0v) is 16.0. The fraction of sp³-hybridized carbons (Fsp3) is 0.368. The van der Waals surface area contributed by atoms with Gasteiger partial charge in [-0.05, 0) is 55.4 Å². The van der Waals surface area contributed by atoms with Gasteiger partial charge in [0.1, 0.15) is 11.6 Å². The van der Waals surface area contributed by atoms with Gasteiger partial charge in [-0.15, -0.1) is 0 Å². The number of rotatable bonds is 4. The van der Waals surface area contributed by atoms with Crippen LogP contribution in [0.4, 0.5) is 4.39 Å². The number of benzene rings is 2. The first-order valence-corrected chi connectivity index (χ1v) is 9.87. The second kappa shape index (κ2) is 7.34. The van der Waals surface area contributed by atoms with Crippen molar-refractivity contribution in [2.75, 3.05) is 33.8 Å². The second-order valence-corrected chi connectivity index (χ2v) is 8.48. The van der Waals surface area contributed by atoms with Crippen molar-refractivity contribution >= 4 is 10.0 Å². The average Bonchev–Trinajstić information content (AvgIpc) is 2.64. The SMILES string of the molecule is COc1ccc([C@@H]2CN(S(=O)(=O)c3ccc(F)c(C)c3)CCN2C)cc1. The lowest BCUT2D eigenvalue weighted by Crippen LogP contribution is -2.48. The summed E-state index contributed by atoms with van der Waals surface area (Å²) in [4.78, 5) is 2.28. The van der Waals surface area contributed by atoms with Crippen LogP contribution in [0.2, 0.25) is 0 Å². The van der Waals surface area contributed by atoms with Crippen LogP contribution in [0.15, 0.2) is 47.4 Å². The maximum Gasteiger partial charge on any atom is 0.243 e. The Morgan fingerprint density at radius 3 is 2.42 bits per heavy atom. The van der Waals surface area contributed by atoms with Gasteiger partial charge in [-0.1, -0.05) is 12.1 Å². The number of ether oxygens (including phenoxy) is 1. The van der Waals surface area contributed by atoms with Gasteiger partial charge in [0.25, 0.3) is 0 Å². The average molecular weight is 378 g/mol. The molecule has 0 bridgehead atoms. The Morgan fingerprint density at radius 2 is 1.81 bits per heavy atom. The van der Waals surface area contributed by atoms with E-state index in [-0.39, 0.29) is 10.9 Å². The van der Waals surface area contributed by atoms with E-state index in [9.17, 15) is 12.8 Å². The van der Waals surface area contributed by atoms with Crippen LogP contribution < -0.4 is 4.74 Å². The maximum absolute atomic E-state index is 13.5. The fourth-order valence-electron chi connectivity index (χ4n) is 3.18. The Bertz CT molecular complexity index is 884. The molecule has 26 heavy (non-hydrogen) atoms. The molecule has 0 amide bonds. The van der Waals surface area contributed by atoms with Crippen molar-refractivity contribution < 1.29 is 17.5 Å². The van der Waals surface area contributed by atoms with Crippen molar-refractivity contribution in [3.63, 3.8) is 0 Å². The van der Waals surface area contributed by atoms with E-state index in [0.717, 1.165) is 11.3 Å². The van der Waals surface area contributed by atoms with Gasteiger partial charge in [0.15, 0.2) is 0 Å². The molecule has 3 rings (SSSR count). The highest BCUT2D eigenvalue weighted by Gasteiger charge is 2.33. The minimum Gasteiger partial charge on any atom is -0.497 e. The molecule has 0 radical (unpaired) electrons. The quantitative estimate of drug-likeness (QED) is 0.821. The third kappa shape index (κ3) is 3.60. The largest absolute Gasteiger partial charge is 0.497 e. The monoisotopic (exact) mass is 378 g/mol. The van der Waals surface area contributed by atoms with Crippen molar-refractivity contribution in [1.82, 2.24) is 9.21 Å². The number of hydrogen-bond donors (Lipinski definition) is 0. The highest BCUT2D eigenvalue weighted by atomic mass is 32.2. The lowest BCUT2D eigenvalue weighted by Gasteiger charge is -2.39. The van der Waals surface area contributed by atoms with Crippen LogP contribution in [0.3, 0.4) is 0 Å². The number of aryl methyl sites for hydroxylation is 1. The van der Waals surface area contributed by atoms with Gasteiger partial charge in [0.2, 0.25) is 10.0 Å². The molecule has 0 N–H and O–H groups in total. The first kappa shape index (κ1) is 18.8. The highest BCUT2D eigenvalue weighted by molar-refractivity contribution is 7.89. The van der Waals surface area contributed by atoms with Crippen LogP contribution in [-0.2, 0) is 10.0 Å². The predicted octanol–water partition coefficient (Wildman–Crippen LogP) is 2.82. The third-order valence-electron chi connectivity index (χ3n) is 4.88. The standard InChI is InChI=1S/C19H23FN2O3S/c1-14-12-17(8-9-18(14)20)26(23,24)22-11-10-21(2)19(13-22)15-4-6-16(25-3)7-5-15/h4-9,12,19H,10-11,13H2,1-3H3/t19-/m0/s1. The summed E-state index contributed by atoms with van der Waals surface area (Å²) in [5.74, 6) is 0.358. The van der Waals surface area contributed by atoms with Crippen LogP contribution >= 0.6 is 0 Å². The van der Waals surface area contributed by atoms with Gasteiger partial charge in [0.05, 0.1) is 12.0 Å². The van der Waals surface area contributed by atoms with Crippen LogP contribution in [0.5, 0.6) is 5.75 Å². The van der Waals surface area contributed by atoms with Gasteiger partial charge in [-0.2, -0.15) is 4.31 Å². The summed E-state index contributed by atoms with van der Waals surface area (Å²) >= 11 is 0. The molecule has 2 aromatic rings. The normalized spacial score (nSPS) is 19.5. The predicted molar refractivity (Wildman–Crippen MR) is 98.3 cm³/mol. The van der Waals surface area contributed by atoms with E-state index < -0.39 is 15.8 Å². The zero-order chi connectivity index (χ0) is 18.9. The molecule has 7 heteroatoms. The van der Waals surface area contributed by atoms with Gasteiger partial charge in [-0.3, -0.25) is 4.90 Å². The van der Waals surface area contributed by atoms with E-state index in [0.29, 0.717) is 25.2 Å². The summed E-state index contributed by atoms with van der Waals surface area (Å²) in [6.07, 6.45) is 0. The van der Waals surface area contributed by atoms with Crippen LogP contribution in [0.1, 0.15) is 17.2 Å². The summed E-state index contributed by atoms with van der Waals surface area (Å²) in [6, 6.07) is 11.5. The fourth-order valence-corrected chi connectivity index (χ4v) is 4.70. The highest BCUT2D eigenvalue weighted by Crippen LogP contribution is 2.29. The molecule has 0 aliphatic carbocycles. The minimum atomic E-state index is -3.66. The lowest BCUT2D eigenvalue weighted by molar-refractivity contribution is 0.148. The molecule has 0 aromatic heterocycles. The van der Waals surface area contributed by atoms with Crippen molar-refractivity contribution in [3.05, 3.63) is 59.4 Å². The summed E-state index contributed by atoms with van der Waals surface area (Å²) in [6.45, 7) is 2.94.